The van der Waals surface area contributed by atoms with E-state index in [0.717, 1.165) is 19.3 Å². The first kappa shape index (κ1) is 16.0. The standard InChI is InChI=1S/C15H21NO4S/c1-3-11-7-8-13(15(17)18)9-14(11)21(19,20)16-10(2)12-5-4-6-12/h7-10,12,16H,3-6H2,1-2H3,(H,17,18). The molecule has 1 fully saturated rings. The lowest BCUT2D eigenvalue weighted by Crippen LogP contribution is -2.40. The Balaban J connectivity index is 2.32. The van der Waals surface area contributed by atoms with Crippen molar-refractivity contribution in [3.8, 4) is 0 Å². The van der Waals surface area contributed by atoms with Crippen molar-refractivity contribution < 1.29 is 18.3 Å². The summed E-state index contributed by atoms with van der Waals surface area (Å²) in [5.41, 5.74) is 0.622. The molecule has 0 aromatic heterocycles. The molecule has 0 aliphatic heterocycles. The van der Waals surface area contributed by atoms with Gasteiger partial charge < -0.3 is 5.11 Å². The summed E-state index contributed by atoms with van der Waals surface area (Å²) in [6.07, 6.45) is 3.76. The lowest BCUT2D eigenvalue weighted by molar-refractivity contribution is 0.0696. The molecule has 0 saturated heterocycles. The SMILES string of the molecule is CCc1ccc(C(=O)O)cc1S(=O)(=O)NC(C)C1CCC1. The minimum Gasteiger partial charge on any atom is -0.478 e. The second-order valence-corrected chi connectivity index (χ2v) is 7.26. The van der Waals surface area contributed by atoms with Gasteiger partial charge in [0.25, 0.3) is 0 Å². The van der Waals surface area contributed by atoms with Crippen molar-refractivity contribution in [3.63, 3.8) is 0 Å². The van der Waals surface area contributed by atoms with E-state index in [1.807, 2.05) is 13.8 Å². The molecule has 0 heterocycles. The number of rotatable bonds is 6. The first-order valence-electron chi connectivity index (χ1n) is 7.23. The lowest BCUT2D eigenvalue weighted by atomic mass is 9.81. The molecule has 21 heavy (non-hydrogen) atoms. The molecular formula is C15H21NO4S. The fraction of sp³-hybridized carbons (Fsp3) is 0.533. The Morgan fingerprint density at radius 3 is 2.57 bits per heavy atom. The molecule has 1 aromatic rings. The Labute approximate surface area is 125 Å². The van der Waals surface area contributed by atoms with Crippen LogP contribution in [0.15, 0.2) is 23.1 Å². The molecule has 1 atom stereocenters. The number of aryl methyl sites for hydroxylation is 1. The van der Waals surface area contributed by atoms with Crippen molar-refractivity contribution in [1.29, 1.82) is 0 Å². The molecule has 1 aliphatic carbocycles. The highest BCUT2D eigenvalue weighted by atomic mass is 32.2. The second kappa shape index (κ2) is 6.15. The van der Waals surface area contributed by atoms with Crippen LogP contribution >= 0.6 is 0 Å². The quantitative estimate of drug-likeness (QED) is 0.845. The van der Waals surface area contributed by atoms with E-state index >= 15 is 0 Å². The van der Waals surface area contributed by atoms with Crippen molar-refractivity contribution in [3.05, 3.63) is 29.3 Å². The fourth-order valence-electron chi connectivity index (χ4n) is 2.57. The van der Waals surface area contributed by atoms with E-state index < -0.39 is 16.0 Å². The number of hydrogen-bond acceptors (Lipinski definition) is 3. The number of aromatic carboxylic acids is 1. The van der Waals surface area contributed by atoms with Gasteiger partial charge in [0.2, 0.25) is 10.0 Å². The van der Waals surface area contributed by atoms with E-state index in [4.69, 9.17) is 5.11 Å². The van der Waals surface area contributed by atoms with Crippen molar-refractivity contribution in [2.24, 2.45) is 5.92 Å². The molecule has 1 aromatic carbocycles. The molecule has 116 valence electrons. The Bertz CT molecular complexity index is 635. The van der Waals surface area contributed by atoms with Crippen LogP contribution in [0, 0.1) is 5.92 Å². The summed E-state index contributed by atoms with van der Waals surface area (Å²) in [5.74, 6) is -0.742. The Morgan fingerprint density at radius 2 is 2.10 bits per heavy atom. The predicted octanol–water partition coefficient (Wildman–Crippen LogP) is 2.41. The molecule has 1 unspecified atom stereocenters. The van der Waals surface area contributed by atoms with E-state index in [2.05, 4.69) is 4.72 Å². The molecule has 2 N–H and O–H groups in total. The molecule has 5 nitrogen and oxygen atoms in total. The highest BCUT2D eigenvalue weighted by Crippen LogP contribution is 2.30. The topological polar surface area (TPSA) is 83.5 Å². The highest BCUT2D eigenvalue weighted by molar-refractivity contribution is 7.89. The summed E-state index contributed by atoms with van der Waals surface area (Å²) < 4.78 is 27.8. The van der Waals surface area contributed by atoms with Crippen LogP contribution in [0.3, 0.4) is 0 Å². The highest BCUT2D eigenvalue weighted by Gasteiger charge is 2.29. The van der Waals surface area contributed by atoms with Gasteiger partial charge in [-0.3, -0.25) is 0 Å². The lowest BCUT2D eigenvalue weighted by Gasteiger charge is -2.31. The summed E-state index contributed by atoms with van der Waals surface area (Å²) in [6, 6.07) is 4.14. The molecule has 6 heteroatoms. The molecule has 0 amide bonds. The number of carboxylic acids is 1. The average molecular weight is 311 g/mol. The van der Waals surface area contributed by atoms with E-state index in [1.165, 1.54) is 12.1 Å². The Hall–Kier alpha value is -1.40. The third kappa shape index (κ3) is 3.44. The first-order chi connectivity index (χ1) is 9.85. The number of carboxylic acid groups (broad SMARTS) is 1. The van der Waals surface area contributed by atoms with Gasteiger partial charge >= 0.3 is 5.97 Å². The third-order valence-electron chi connectivity index (χ3n) is 4.18. The maximum Gasteiger partial charge on any atom is 0.335 e. The minimum atomic E-state index is -3.69. The van der Waals surface area contributed by atoms with Crippen LogP contribution in [0.2, 0.25) is 0 Å². The molecule has 2 rings (SSSR count). The average Bonchev–Trinajstić information content (AvgIpc) is 2.34. The predicted molar refractivity (Wildman–Crippen MR) is 79.9 cm³/mol. The number of carbonyl (C=O) groups is 1. The van der Waals surface area contributed by atoms with Gasteiger partial charge in [-0.1, -0.05) is 19.4 Å². The number of sulfonamides is 1. The first-order valence-corrected chi connectivity index (χ1v) is 8.72. The summed E-state index contributed by atoms with van der Waals surface area (Å²) in [4.78, 5) is 11.1. The Morgan fingerprint density at radius 1 is 1.43 bits per heavy atom. The van der Waals surface area contributed by atoms with E-state index in [-0.39, 0.29) is 16.5 Å². The largest absolute Gasteiger partial charge is 0.478 e. The van der Waals surface area contributed by atoms with Gasteiger partial charge in [-0.15, -0.1) is 0 Å². The van der Waals surface area contributed by atoms with Gasteiger partial charge in [-0.05, 0) is 49.8 Å². The number of nitrogens with one attached hydrogen (secondary N) is 1. The smallest absolute Gasteiger partial charge is 0.335 e. The van der Waals surface area contributed by atoms with E-state index in [9.17, 15) is 13.2 Å². The van der Waals surface area contributed by atoms with Gasteiger partial charge in [0.15, 0.2) is 0 Å². The van der Waals surface area contributed by atoms with Crippen LogP contribution in [-0.4, -0.2) is 25.5 Å². The molecule has 1 saturated carbocycles. The summed E-state index contributed by atoms with van der Waals surface area (Å²) >= 11 is 0. The van der Waals surface area contributed by atoms with Crippen molar-refractivity contribution >= 4 is 16.0 Å². The monoisotopic (exact) mass is 311 g/mol. The van der Waals surface area contributed by atoms with Crippen LogP contribution in [0.25, 0.3) is 0 Å². The van der Waals surface area contributed by atoms with Crippen molar-refractivity contribution in [2.75, 3.05) is 0 Å². The van der Waals surface area contributed by atoms with Gasteiger partial charge in [-0.2, -0.15) is 0 Å². The second-order valence-electron chi connectivity index (χ2n) is 5.58. The minimum absolute atomic E-state index is 0.0103. The third-order valence-corrected chi connectivity index (χ3v) is 5.82. The van der Waals surface area contributed by atoms with Gasteiger partial charge in [0.05, 0.1) is 10.5 Å². The van der Waals surface area contributed by atoms with Gasteiger partial charge in [-0.25, -0.2) is 17.9 Å². The number of hydrogen-bond donors (Lipinski definition) is 2. The number of benzene rings is 1. The van der Waals surface area contributed by atoms with E-state index in [1.54, 1.807) is 6.07 Å². The van der Waals surface area contributed by atoms with Crippen molar-refractivity contribution in [1.82, 2.24) is 4.72 Å². The Kier molecular flexibility index (Phi) is 4.68. The molecule has 0 bridgehead atoms. The fourth-order valence-corrected chi connectivity index (χ4v) is 4.22. The van der Waals surface area contributed by atoms with Crippen LogP contribution in [0.1, 0.15) is 49.0 Å². The maximum atomic E-state index is 12.5. The molecule has 0 radical (unpaired) electrons. The van der Waals surface area contributed by atoms with Crippen LogP contribution in [-0.2, 0) is 16.4 Å². The van der Waals surface area contributed by atoms with Crippen LogP contribution in [0.5, 0.6) is 0 Å². The maximum absolute atomic E-state index is 12.5. The normalized spacial score (nSPS) is 17.2. The van der Waals surface area contributed by atoms with Crippen LogP contribution in [0.4, 0.5) is 0 Å². The van der Waals surface area contributed by atoms with Crippen LogP contribution < -0.4 is 4.72 Å². The molecule has 0 spiro atoms. The van der Waals surface area contributed by atoms with Gasteiger partial charge in [0.1, 0.15) is 0 Å². The van der Waals surface area contributed by atoms with Crippen molar-refractivity contribution in [2.45, 2.75) is 50.5 Å². The summed E-state index contributed by atoms with van der Waals surface area (Å²) in [5, 5.41) is 9.04. The molecular weight excluding hydrogens is 290 g/mol. The summed E-state index contributed by atoms with van der Waals surface area (Å²) in [6.45, 7) is 3.72. The zero-order chi connectivity index (χ0) is 15.6. The molecule has 1 aliphatic rings. The van der Waals surface area contributed by atoms with Gasteiger partial charge in [0, 0.05) is 6.04 Å². The zero-order valence-electron chi connectivity index (χ0n) is 12.3. The van der Waals surface area contributed by atoms with E-state index in [0.29, 0.717) is 17.9 Å². The zero-order valence-corrected chi connectivity index (χ0v) is 13.1. The summed E-state index contributed by atoms with van der Waals surface area (Å²) in [7, 11) is -3.69.